The number of esters is 1. The smallest absolute Gasteiger partial charge is 0.326 e. The highest BCUT2D eigenvalue weighted by Gasteiger charge is 2.36. The number of carbonyl (C=O) groups excluding carboxylic acids is 2. The molecule has 2 aliphatic heterocycles. The van der Waals surface area contributed by atoms with E-state index in [2.05, 4.69) is 14.5 Å². The molecule has 0 spiro atoms. The van der Waals surface area contributed by atoms with Gasteiger partial charge in [0.05, 0.1) is 29.1 Å². The summed E-state index contributed by atoms with van der Waals surface area (Å²) in [5.41, 5.74) is 0.801. The van der Waals surface area contributed by atoms with Crippen LogP contribution in [0.5, 0.6) is 0 Å². The van der Waals surface area contributed by atoms with Crippen LogP contribution >= 0.6 is 34.7 Å². The van der Waals surface area contributed by atoms with Crippen LogP contribution in [0.2, 0.25) is 5.02 Å². The van der Waals surface area contributed by atoms with E-state index in [0.29, 0.717) is 34.0 Å². The van der Waals surface area contributed by atoms with Crippen molar-refractivity contribution in [2.75, 3.05) is 17.6 Å². The summed E-state index contributed by atoms with van der Waals surface area (Å²) in [7, 11) is -2.45. The SMILES string of the molecule is CC(C)N1C(=O)c2ccccc2NS1(=O)=O.COC(=O)CSc1cc(/N=c2\sc(=O)n3n2CCCC3)c(F)cc1Cl. The Morgan fingerprint density at radius 2 is 1.88 bits per heavy atom. The average Bonchev–Trinajstić information content (AvgIpc) is 3.24. The van der Waals surface area contributed by atoms with Crippen LogP contribution in [0, 0.1) is 5.82 Å². The van der Waals surface area contributed by atoms with Gasteiger partial charge in [-0.15, -0.1) is 11.8 Å². The third-order valence-electron chi connectivity index (χ3n) is 6.01. The lowest BCUT2D eigenvalue weighted by Crippen LogP contribution is -2.48. The van der Waals surface area contributed by atoms with Crippen molar-refractivity contribution >= 4 is 68.2 Å². The Kier molecular flexibility index (Phi) is 9.62. The number of hydrogen-bond acceptors (Lipinski definition) is 9. The van der Waals surface area contributed by atoms with Gasteiger partial charge in [0, 0.05) is 24.0 Å². The van der Waals surface area contributed by atoms with Crippen molar-refractivity contribution in [1.29, 1.82) is 0 Å². The van der Waals surface area contributed by atoms with Gasteiger partial charge in [-0.25, -0.2) is 18.4 Å². The lowest BCUT2D eigenvalue weighted by molar-refractivity contribution is -0.137. The number of methoxy groups -OCH3 is 1. The van der Waals surface area contributed by atoms with Gasteiger partial charge in [-0.3, -0.25) is 23.8 Å². The van der Waals surface area contributed by atoms with Crippen LogP contribution < -0.4 is 14.4 Å². The number of fused-ring (bicyclic) bond motifs is 2. The first-order valence-electron chi connectivity index (χ1n) is 12.4. The zero-order valence-corrected chi connectivity index (χ0v) is 25.5. The molecule has 1 aromatic heterocycles. The lowest BCUT2D eigenvalue weighted by Gasteiger charge is -2.31. The van der Waals surface area contributed by atoms with E-state index in [-0.39, 0.29) is 21.3 Å². The van der Waals surface area contributed by atoms with Gasteiger partial charge >= 0.3 is 21.1 Å². The van der Waals surface area contributed by atoms with Crippen molar-refractivity contribution in [3.05, 3.63) is 67.3 Å². The van der Waals surface area contributed by atoms with E-state index in [1.165, 1.54) is 13.2 Å². The van der Waals surface area contributed by atoms with E-state index in [9.17, 15) is 27.2 Å². The normalized spacial score (nSPS) is 15.9. The fourth-order valence-corrected chi connectivity index (χ4v) is 7.53. The zero-order chi connectivity index (χ0) is 29.9. The first kappa shape index (κ1) is 30.8. The molecule has 0 unspecified atom stereocenters. The summed E-state index contributed by atoms with van der Waals surface area (Å²) < 4.78 is 49.1. The van der Waals surface area contributed by atoms with Gasteiger partial charge in [0.2, 0.25) is 4.80 Å². The van der Waals surface area contributed by atoms with E-state index in [4.69, 9.17) is 11.6 Å². The van der Waals surface area contributed by atoms with E-state index in [1.807, 2.05) is 0 Å². The topological polar surface area (TPSA) is 132 Å². The van der Waals surface area contributed by atoms with E-state index in [1.54, 1.807) is 47.5 Å². The largest absolute Gasteiger partial charge is 0.468 e. The van der Waals surface area contributed by atoms with Crippen LogP contribution in [-0.4, -0.2) is 52.9 Å². The summed E-state index contributed by atoms with van der Waals surface area (Å²) in [6.07, 6.45) is 1.90. The minimum absolute atomic E-state index is 0.0605. The minimum atomic E-state index is -3.75. The molecule has 0 bridgehead atoms. The Morgan fingerprint density at radius 3 is 2.56 bits per heavy atom. The number of ether oxygens (including phenoxy) is 1. The second kappa shape index (κ2) is 12.8. The molecule has 3 heterocycles. The lowest BCUT2D eigenvalue weighted by atomic mass is 10.1. The van der Waals surface area contributed by atoms with Crippen LogP contribution in [0.15, 0.2) is 51.1 Å². The maximum Gasteiger partial charge on any atom is 0.326 e. The molecule has 2 aliphatic rings. The maximum atomic E-state index is 14.3. The summed E-state index contributed by atoms with van der Waals surface area (Å²) >= 11 is 8.17. The highest BCUT2D eigenvalue weighted by Crippen LogP contribution is 2.33. The van der Waals surface area contributed by atoms with Crippen molar-refractivity contribution < 1.29 is 27.1 Å². The van der Waals surface area contributed by atoms with Crippen molar-refractivity contribution in [2.24, 2.45) is 4.99 Å². The van der Waals surface area contributed by atoms with Gasteiger partial charge in [0.1, 0.15) is 11.5 Å². The number of hydrogen-bond donors (Lipinski definition) is 1. The number of nitrogens with zero attached hydrogens (tertiary/aromatic N) is 4. The Balaban J connectivity index is 0.000000208. The van der Waals surface area contributed by atoms with E-state index < -0.39 is 33.9 Å². The first-order valence-corrected chi connectivity index (χ1v) is 16.0. The predicted molar refractivity (Wildman–Crippen MR) is 155 cm³/mol. The number of anilines is 1. The second-order valence-corrected chi connectivity index (χ2v) is 13.1. The average molecular weight is 644 g/mol. The Bertz CT molecular complexity index is 1720. The number of amides is 1. The third-order valence-corrected chi connectivity index (χ3v) is 9.91. The molecule has 0 radical (unpaired) electrons. The summed E-state index contributed by atoms with van der Waals surface area (Å²) in [5, 5.41) is 0.199. The van der Waals surface area contributed by atoms with Crippen LogP contribution in [0.25, 0.3) is 0 Å². The summed E-state index contributed by atoms with van der Waals surface area (Å²) in [6.45, 7) is 4.64. The minimum Gasteiger partial charge on any atom is -0.468 e. The molecule has 220 valence electrons. The number of rotatable bonds is 5. The molecule has 0 atom stereocenters. The number of halogens is 2. The molecule has 2 aromatic carbocycles. The molecule has 0 saturated carbocycles. The molecule has 11 nitrogen and oxygen atoms in total. The van der Waals surface area contributed by atoms with Crippen LogP contribution in [0.4, 0.5) is 15.8 Å². The number of nitrogens with one attached hydrogen (secondary N) is 1. The van der Waals surface area contributed by atoms with Gasteiger partial charge in [0.25, 0.3) is 5.91 Å². The van der Waals surface area contributed by atoms with Crippen molar-refractivity contribution in [1.82, 2.24) is 13.7 Å². The molecule has 0 aliphatic carbocycles. The summed E-state index contributed by atoms with van der Waals surface area (Å²) in [6, 6.07) is 8.80. The third kappa shape index (κ3) is 6.85. The molecule has 5 rings (SSSR count). The summed E-state index contributed by atoms with van der Waals surface area (Å²) in [4.78, 5) is 40.5. The molecule has 41 heavy (non-hydrogen) atoms. The van der Waals surface area contributed by atoms with Gasteiger partial charge in [-0.05, 0) is 62.3 Å². The van der Waals surface area contributed by atoms with E-state index in [0.717, 1.165) is 46.3 Å². The van der Waals surface area contributed by atoms with Crippen molar-refractivity contribution in [3.8, 4) is 0 Å². The number of aromatic nitrogens is 2. The van der Waals surface area contributed by atoms with Crippen molar-refractivity contribution in [2.45, 2.75) is 50.7 Å². The number of thioether (sulfide) groups is 1. The molecule has 1 amide bonds. The fraction of sp³-hybridized carbons (Fsp3) is 0.360. The Hall–Kier alpha value is -3.14. The Morgan fingerprint density at radius 1 is 1.20 bits per heavy atom. The quantitative estimate of drug-likeness (QED) is 0.328. The molecular formula is C25H27ClFN5O6S3. The Labute approximate surface area is 248 Å². The fourth-order valence-electron chi connectivity index (χ4n) is 4.12. The molecule has 1 N–H and O–H groups in total. The predicted octanol–water partition coefficient (Wildman–Crippen LogP) is 4.00. The number of carbonyl (C=O) groups is 2. The first-order chi connectivity index (χ1) is 19.4. The van der Waals surface area contributed by atoms with Crippen molar-refractivity contribution in [3.63, 3.8) is 0 Å². The second-order valence-electron chi connectivity index (χ2n) is 9.16. The zero-order valence-electron chi connectivity index (χ0n) is 22.3. The van der Waals surface area contributed by atoms with Gasteiger partial charge < -0.3 is 4.74 Å². The molecule has 0 saturated heterocycles. The summed E-state index contributed by atoms with van der Waals surface area (Å²) in [5.74, 6) is -1.41. The maximum absolute atomic E-state index is 14.3. The van der Waals surface area contributed by atoms with Gasteiger partial charge in [0.15, 0.2) is 0 Å². The van der Waals surface area contributed by atoms with Crippen LogP contribution in [-0.2, 0) is 32.8 Å². The highest BCUT2D eigenvalue weighted by molar-refractivity contribution is 8.00. The molecular weight excluding hydrogens is 617 g/mol. The van der Waals surface area contributed by atoms with Gasteiger partial charge in [-0.2, -0.15) is 8.42 Å². The number of benzene rings is 2. The number of para-hydroxylation sites is 1. The molecule has 3 aromatic rings. The van der Waals surface area contributed by atoms with E-state index >= 15 is 0 Å². The van der Waals surface area contributed by atoms with Gasteiger partial charge in [-0.1, -0.05) is 23.7 Å². The molecule has 16 heteroatoms. The highest BCUT2D eigenvalue weighted by atomic mass is 35.5. The van der Waals surface area contributed by atoms with Crippen LogP contribution in [0.1, 0.15) is 37.0 Å². The van der Waals surface area contributed by atoms with Crippen LogP contribution in [0.3, 0.4) is 0 Å². The monoisotopic (exact) mass is 643 g/mol. The standard InChI is InChI=1S/C15H15ClFN3O3S2.C10H12N2O3S/c1-23-13(21)8-24-12-7-11(10(17)6-9(12)16)18-14-19-4-2-3-5-20(19)15(22)25-14;1-7(2)12-10(13)8-5-3-4-6-9(8)11-16(12,14)15/h6-7H,2-5,8H2,1H3;3-7,11H,1-2H3/b18-14-;. The molecule has 0 fully saturated rings.